The van der Waals surface area contributed by atoms with Crippen molar-refractivity contribution in [1.82, 2.24) is 0 Å². The van der Waals surface area contributed by atoms with Crippen LogP contribution in [0.1, 0.15) is 25.7 Å². The molecule has 2 fully saturated rings. The van der Waals surface area contributed by atoms with E-state index in [9.17, 15) is 9.90 Å². The lowest BCUT2D eigenvalue weighted by molar-refractivity contribution is -0.121. The van der Waals surface area contributed by atoms with Crippen molar-refractivity contribution in [2.24, 2.45) is 11.8 Å². The maximum Gasteiger partial charge on any atom is 0.232 e. The molecule has 0 radical (unpaired) electrons. The minimum absolute atomic E-state index is 0.0407. The Balaban J connectivity index is 1.93. The van der Waals surface area contributed by atoms with Crippen LogP contribution in [0, 0.1) is 11.8 Å². The molecule has 1 amide bonds. The van der Waals surface area contributed by atoms with Gasteiger partial charge < -0.3 is 5.11 Å². The highest BCUT2D eigenvalue weighted by Gasteiger charge is 2.48. The minimum atomic E-state index is -0.629. The van der Waals surface area contributed by atoms with Gasteiger partial charge in [0.05, 0.1) is 0 Å². The van der Waals surface area contributed by atoms with E-state index < -0.39 is 6.23 Å². The first kappa shape index (κ1) is 10.8. The summed E-state index contributed by atoms with van der Waals surface area (Å²) in [4.78, 5) is 13.9. The van der Waals surface area contributed by atoms with Crippen LogP contribution in [0.4, 0.5) is 5.69 Å². The summed E-state index contributed by atoms with van der Waals surface area (Å²) in [5.74, 6) is 0.281. The number of amides is 1. The molecule has 1 aliphatic carbocycles. The molecule has 3 heteroatoms. The highest BCUT2D eigenvalue weighted by molar-refractivity contribution is 5.98. The molecule has 0 aromatic heterocycles. The zero-order chi connectivity index (χ0) is 11.8. The minimum Gasteiger partial charge on any atom is -0.373 e. The molecule has 0 bridgehead atoms. The topological polar surface area (TPSA) is 40.5 Å². The van der Waals surface area contributed by atoms with Crippen molar-refractivity contribution >= 4 is 11.6 Å². The summed E-state index contributed by atoms with van der Waals surface area (Å²) >= 11 is 0. The quantitative estimate of drug-likeness (QED) is 0.804. The summed E-state index contributed by atoms with van der Waals surface area (Å²) in [5.41, 5.74) is 0.819. The van der Waals surface area contributed by atoms with Crippen LogP contribution in [0.2, 0.25) is 0 Å². The van der Waals surface area contributed by atoms with E-state index in [1.807, 2.05) is 30.3 Å². The number of carbonyl (C=O) groups excluding carboxylic acids is 1. The van der Waals surface area contributed by atoms with Crippen molar-refractivity contribution in [3.05, 3.63) is 30.3 Å². The fraction of sp³-hybridized carbons (Fsp3) is 0.500. The number of nitrogens with zero attached hydrogens (tertiary/aromatic N) is 1. The second-order valence-corrected chi connectivity index (χ2v) is 5.01. The number of hydrogen-bond acceptors (Lipinski definition) is 2. The van der Waals surface area contributed by atoms with Crippen LogP contribution in [0.15, 0.2) is 30.3 Å². The summed E-state index contributed by atoms with van der Waals surface area (Å²) in [6.07, 6.45) is 3.52. The van der Waals surface area contributed by atoms with Gasteiger partial charge in [-0.05, 0) is 25.0 Å². The maximum atomic E-state index is 12.3. The van der Waals surface area contributed by atoms with Gasteiger partial charge in [0.1, 0.15) is 6.23 Å². The number of para-hydroxylation sites is 1. The van der Waals surface area contributed by atoms with Gasteiger partial charge in [0.15, 0.2) is 0 Å². The van der Waals surface area contributed by atoms with E-state index in [2.05, 4.69) is 0 Å². The molecule has 1 heterocycles. The normalized spacial score (nSPS) is 32.6. The third kappa shape index (κ3) is 1.65. The first-order valence-electron chi connectivity index (χ1n) is 6.35. The van der Waals surface area contributed by atoms with Gasteiger partial charge in [-0.3, -0.25) is 9.69 Å². The number of benzene rings is 1. The molecular formula is C14H17NO2. The molecular weight excluding hydrogens is 214 g/mol. The van der Waals surface area contributed by atoms with Crippen molar-refractivity contribution in [3.8, 4) is 0 Å². The number of aliphatic hydroxyl groups is 1. The van der Waals surface area contributed by atoms with E-state index in [0.29, 0.717) is 0 Å². The molecule has 1 aromatic rings. The van der Waals surface area contributed by atoms with Crippen molar-refractivity contribution < 1.29 is 9.90 Å². The fourth-order valence-corrected chi connectivity index (χ4v) is 3.19. The van der Waals surface area contributed by atoms with E-state index in [0.717, 1.165) is 31.4 Å². The molecule has 90 valence electrons. The molecule has 2 aliphatic rings. The van der Waals surface area contributed by atoms with Crippen LogP contribution in [0.5, 0.6) is 0 Å². The van der Waals surface area contributed by atoms with Crippen molar-refractivity contribution in [2.75, 3.05) is 4.90 Å². The Morgan fingerprint density at radius 1 is 1.12 bits per heavy atom. The standard InChI is InChI=1S/C14H17NO2/c16-13-11-8-4-5-9-12(11)14(17)15(13)10-6-2-1-3-7-10/h1-3,6-7,11-13,16H,4-5,8-9H2/t11-,12+,13+/m0/s1. The van der Waals surface area contributed by atoms with E-state index in [1.54, 1.807) is 4.90 Å². The largest absolute Gasteiger partial charge is 0.373 e. The van der Waals surface area contributed by atoms with Gasteiger partial charge in [0, 0.05) is 17.5 Å². The van der Waals surface area contributed by atoms with Gasteiger partial charge in [-0.25, -0.2) is 0 Å². The first-order valence-corrected chi connectivity index (χ1v) is 6.35. The smallest absolute Gasteiger partial charge is 0.232 e. The van der Waals surface area contributed by atoms with Gasteiger partial charge in [0.2, 0.25) is 5.91 Å². The van der Waals surface area contributed by atoms with Crippen LogP contribution in [0.25, 0.3) is 0 Å². The third-order valence-corrected chi connectivity index (χ3v) is 4.06. The van der Waals surface area contributed by atoms with E-state index >= 15 is 0 Å². The summed E-state index contributed by atoms with van der Waals surface area (Å²) in [6.45, 7) is 0. The Hall–Kier alpha value is -1.35. The number of aliphatic hydroxyl groups excluding tert-OH is 1. The molecule has 1 N–H and O–H groups in total. The fourth-order valence-electron chi connectivity index (χ4n) is 3.19. The predicted octanol–water partition coefficient (Wildman–Crippen LogP) is 2.16. The summed E-state index contributed by atoms with van der Waals surface area (Å²) in [7, 11) is 0. The molecule has 1 saturated heterocycles. The Kier molecular flexibility index (Phi) is 2.63. The first-order chi connectivity index (χ1) is 8.29. The molecule has 3 rings (SSSR count). The molecule has 3 atom stereocenters. The van der Waals surface area contributed by atoms with Gasteiger partial charge in [0.25, 0.3) is 0 Å². The van der Waals surface area contributed by atoms with Crippen LogP contribution in [-0.2, 0) is 4.79 Å². The van der Waals surface area contributed by atoms with Gasteiger partial charge in [-0.2, -0.15) is 0 Å². The van der Waals surface area contributed by atoms with E-state index in [1.165, 1.54) is 0 Å². The van der Waals surface area contributed by atoms with E-state index in [4.69, 9.17) is 0 Å². The second kappa shape index (κ2) is 4.15. The average molecular weight is 231 g/mol. The summed E-state index contributed by atoms with van der Waals surface area (Å²) in [6, 6.07) is 9.50. The zero-order valence-corrected chi connectivity index (χ0v) is 9.75. The van der Waals surface area contributed by atoms with Crippen LogP contribution in [0.3, 0.4) is 0 Å². The number of fused-ring (bicyclic) bond motifs is 1. The monoisotopic (exact) mass is 231 g/mol. The van der Waals surface area contributed by atoms with Crippen molar-refractivity contribution in [2.45, 2.75) is 31.9 Å². The summed E-state index contributed by atoms with van der Waals surface area (Å²) in [5, 5.41) is 10.3. The van der Waals surface area contributed by atoms with Crippen LogP contribution < -0.4 is 4.90 Å². The molecule has 1 saturated carbocycles. The summed E-state index contributed by atoms with van der Waals surface area (Å²) < 4.78 is 0. The number of rotatable bonds is 1. The van der Waals surface area contributed by atoms with Gasteiger partial charge in [-0.15, -0.1) is 0 Å². The maximum absolute atomic E-state index is 12.3. The Bertz CT molecular complexity index is 417. The molecule has 0 spiro atoms. The number of carbonyl (C=O) groups is 1. The average Bonchev–Trinajstić information content (AvgIpc) is 2.64. The molecule has 1 aromatic carbocycles. The highest BCUT2D eigenvalue weighted by Crippen LogP contribution is 2.42. The number of anilines is 1. The van der Waals surface area contributed by atoms with Crippen molar-refractivity contribution in [1.29, 1.82) is 0 Å². The van der Waals surface area contributed by atoms with E-state index in [-0.39, 0.29) is 17.7 Å². The van der Waals surface area contributed by atoms with Gasteiger partial charge >= 0.3 is 0 Å². The molecule has 17 heavy (non-hydrogen) atoms. The zero-order valence-electron chi connectivity index (χ0n) is 9.75. The lowest BCUT2D eigenvalue weighted by atomic mass is 9.81. The van der Waals surface area contributed by atoms with Crippen molar-refractivity contribution in [3.63, 3.8) is 0 Å². The van der Waals surface area contributed by atoms with Crippen LogP contribution >= 0.6 is 0 Å². The molecule has 0 unspecified atom stereocenters. The third-order valence-electron chi connectivity index (χ3n) is 4.06. The highest BCUT2D eigenvalue weighted by atomic mass is 16.3. The van der Waals surface area contributed by atoms with Gasteiger partial charge in [-0.1, -0.05) is 31.0 Å². The molecule has 1 aliphatic heterocycles. The Morgan fingerprint density at radius 2 is 1.82 bits per heavy atom. The predicted molar refractivity (Wildman–Crippen MR) is 65.4 cm³/mol. The second-order valence-electron chi connectivity index (χ2n) is 5.01. The SMILES string of the molecule is O=C1[C@@H]2CCCC[C@@H]2[C@@H](O)N1c1ccccc1. The number of hydrogen-bond donors (Lipinski definition) is 1. The lowest BCUT2D eigenvalue weighted by Crippen LogP contribution is -2.35. The molecule has 3 nitrogen and oxygen atoms in total. The Labute approximate surface area is 101 Å². The van der Waals surface area contributed by atoms with Crippen LogP contribution in [-0.4, -0.2) is 17.2 Å². The lowest BCUT2D eigenvalue weighted by Gasteiger charge is -2.25. The Morgan fingerprint density at radius 3 is 2.53 bits per heavy atom.